The first-order valence-corrected chi connectivity index (χ1v) is 4.47. The Balaban J connectivity index is 2.67. The van der Waals surface area contributed by atoms with Crippen molar-refractivity contribution in [2.24, 2.45) is 0 Å². The van der Waals surface area contributed by atoms with E-state index in [9.17, 15) is 4.79 Å². The van der Waals surface area contributed by atoms with Gasteiger partial charge < -0.3 is 0 Å². The quantitative estimate of drug-likeness (QED) is 0.595. The first kappa shape index (κ1) is 8.24. The second-order valence-corrected chi connectivity index (χ2v) is 3.65. The van der Waals surface area contributed by atoms with E-state index in [-0.39, 0.29) is 0 Å². The van der Waals surface area contributed by atoms with Crippen molar-refractivity contribution in [2.75, 3.05) is 0 Å². The second-order valence-electron chi connectivity index (χ2n) is 3.65. The van der Waals surface area contributed by atoms with E-state index < -0.39 is 0 Å². The fourth-order valence-corrected chi connectivity index (χ4v) is 1.88. The summed E-state index contributed by atoms with van der Waals surface area (Å²) >= 11 is 0. The van der Waals surface area contributed by atoms with Crippen molar-refractivity contribution in [3.63, 3.8) is 0 Å². The lowest BCUT2D eigenvalue weighted by Crippen LogP contribution is -1.93. The molecule has 0 aromatic heterocycles. The van der Waals surface area contributed by atoms with Gasteiger partial charge in [0, 0.05) is 5.56 Å². The van der Waals surface area contributed by atoms with Crippen LogP contribution in [0.2, 0.25) is 0 Å². The van der Waals surface area contributed by atoms with Gasteiger partial charge in [0.2, 0.25) is 0 Å². The van der Waals surface area contributed by atoms with Crippen LogP contribution in [0.3, 0.4) is 0 Å². The predicted molar refractivity (Wildman–Crippen MR) is 53.9 cm³/mol. The van der Waals surface area contributed by atoms with Gasteiger partial charge in [-0.05, 0) is 37.0 Å². The summed E-state index contributed by atoms with van der Waals surface area (Å²) in [6.07, 6.45) is 4.06. The Morgan fingerprint density at radius 1 is 1.31 bits per heavy atom. The second kappa shape index (κ2) is 2.84. The highest BCUT2D eigenvalue weighted by Crippen LogP contribution is 2.29. The van der Waals surface area contributed by atoms with Crippen LogP contribution in [0.1, 0.15) is 34.0 Å². The van der Waals surface area contributed by atoms with Crippen LogP contribution < -0.4 is 0 Å². The highest BCUT2D eigenvalue weighted by molar-refractivity contribution is 5.85. The molecule has 1 aromatic carbocycles. The Morgan fingerprint density at radius 2 is 2.08 bits per heavy atom. The highest BCUT2D eigenvalue weighted by atomic mass is 16.1. The molecule has 1 heteroatoms. The Hall–Kier alpha value is -1.37. The molecular formula is C12H12O. The topological polar surface area (TPSA) is 17.1 Å². The van der Waals surface area contributed by atoms with Crippen LogP contribution in [0.25, 0.3) is 6.08 Å². The maximum absolute atomic E-state index is 10.8. The molecule has 1 aromatic rings. The Bertz CT molecular complexity index is 400. The maximum atomic E-state index is 10.8. The summed E-state index contributed by atoms with van der Waals surface area (Å²) in [6, 6.07) is 3.92. The Morgan fingerprint density at radius 3 is 2.77 bits per heavy atom. The average molecular weight is 172 g/mol. The predicted octanol–water partition coefficient (Wildman–Crippen LogP) is 2.77. The minimum absolute atomic E-state index is 0.817. The summed E-state index contributed by atoms with van der Waals surface area (Å²) in [5.41, 5.74) is 5.90. The molecule has 1 nitrogen and oxygen atoms in total. The van der Waals surface area contributed by atoms with Gasteiger partial charge in [-0.1, -0.05) is 23.8 Å². The molecule has 0 saturated heterocycles. The monoisotopic (exact) mass is 172 g/mol. The van der Waals surface area contributed by atoms with E-state index >= 15 is 0 Å². The zero-order valence-electron chi connectivity index (χ0n) is 7.92. The van der Waals surface area contributed by atoms with E-state index in [1.54, 1.807) is 0 Å². The molecule has 0 N–H and O–H groups in total. The molecule has 66 valence electrons. The smallest absolute Gasteiger partial charge is 0.150 e. The summed E-state index contributed by atoms with van der Waals surface area (Å²) < 4.78 is 0. The lowest BCUT2D eigenvalue weighted by molar-refractivity contribution is 0.112. The molecule has 0 bridgehead atoms. The van der Waals surface area contributed by atoms with E-state index in [0.717, 1.165) is 23.8 Å². The van der Waals surface area contributed by atoms with Gasteiger partial charge in [0.1, 0.15) is 0 Å². The molecule has 0 spiro atoms. The van der Waals surface area contributed by atoms with Gasteiger partial charge in [0.15, 0.2) is 6.29 Å². The van der Waals surface area contributed by atoms with Gasteiger partial charge in [0.25, 0.3) is 0 Å². The number of allylic oxidation sites excluding steroid dienone is 1. The average Bonchev–Trinajstić information content (AvgIpc) is 2.48. The summed E-state index contributed by atoms with van der Waals surface area (Å²) in [4.78, 5) is 10.8. The van der Waals surface area contributed by atoms with E-state index in [2.05, 4.69) is 19.9 Å². The lowest BCUT2D eigenvalue weighted by atomic mass is 9.99. The normalized spacial score (nSPS) is 13.8. The van der Waals surface area contributed by atoms with Crippen molar-refractivity contribution in [3.8, 4) is 0 Å². The molecule has 2 rings (SSSR count). The molecule has 0 unspecified atom stereocenters. The number of carbonyl (C=O) groups excluding carboxylic acids is 1. The standard InChI is InChI=1S/C12H12O/c1-8-5-11-9(2)3-4-10(7-13)12(11)6-8/h3-4,6-7H,5H2,1-2H3. The minimum Gasteiger partial charge on any atom is -0.298 e. The van der Waals surface area contributed by atoms with Gasteiger partial charge in [-0.25, -0.2) is 0 Å². The molecule has 0 heterocycles. The van der Waals surface area contributed by atoms with Crippen molar-refractivity contribution >= 4 is 12.4 Å². The van der Waals surface area contributed by atoms with Crippen molar-refractivity contribution in [1.29, 1.82) is 0 Å². The zero-order chi connectivity index (χ0) is 9.42. The van der Waals surface area contributed by atoms with Crippen molar-refractivity contribution in [1.82, 2.24) is 0 Å². The van der Waals surface area contributed by atoms with Crippen LogP contribution in [0, 0.1) is 6.92 Å². The number of hydrogen-bond acceptors (Lipinski definition) is 1. The number of aldehydes is 1. The van der Waals surface area contributed by atoms with Gasteiger partial charge in [-0.15, -0.1) is 0 Å². The molecule has 0 amide bonds. The third-order valence-corrected chi connectivity index (χ3v) is 2.60. The van der Waals surface area contributed by atoms with E-state index in [4.69, 9.17) is 0 Å². The fourth-order valence-electron chi connectivity index (χ4n) is 1.88. The van der Waals surface area contributed by atoms with Crippen LogP contribution in [-0.2, 0) is 6.42 Å². The SMILES string of the molecule is CC1=Cc2c(C=O)ccc(C)c2C1. The van der Waals surface area contributed by atoms with E-state index in [0.29, 0.717) is 0 Å². The van der Waals surface area contributed by atoms with Crippen molar-refractivity contribution in [3.05, 3.63) is 40.0 Å². The molecule has 1 aliphatic carbocycles. The van der Waals surface area contributed by atoms with Crippen LogP contribution in [0.4, 0.5) is 0 Å². The highest BCUT2D eigenvalue weighted by Gasteiger charge is 2.14. The molecule has 0 radical (unpaired) electrons. The first-order chi connectivity index (χ1) is 6.22. The number of carbonyl (C=O) groups is 1. The van der Waals surface area contributed by atoms with Gasteiger partial charge in [-0.3, -0.25) is 4.79 Å². The summed E-state index contributed by atoms with van der Waals surface area (Å²) in [5.74, 6) is 0. The van der Waals surface area contributed by atoms with Crippen LogP contribution in [0.15, 0.2) is 17.7 Å². The van der Waals surface area contributed by atoms with Gasteiger partial charge >= 0.3 is 0 Å². The molecule has 0 aliphatic heterocycles. The minimum atomic E-state index is 0.817. The molecule has 0 fully saturated rings. The zero-order valence-corrected chi connectivity index (χ0v) is 7.92. The number of aryl methyl sites for hydroxylation is 1. The summed E-state index contributed by atoms with van der Waals surface area (Å²) in [6.45, 7) is 4.20. The Kier molecular flexibility index (Phi) is 1.80. The van der Waals surface area contributed by atoms with Crippen molar-refractivity contribution < 1.29 is 4.79 Å². The molecule has 0 atom stereocenters. The third kappa shape index (κ3) is 1.21. The van der Waals surface area contributed by atoms with Crippen LogP contribution in [-0.4, -0.2) is 6.29 Å². The fraction of sp³-hybridized carbons (Fsp3) is 0.250. The number of benzene rings is 1. The number of hydrogen-bond donors (Lipinski definition) is 0. The summed E-state index contributed by atoms with van der Waals surface area (Å²) in [7, 11) is 0. The van der Waals surface area contributed by atoms with Crippen LogP contribution >= 0.6 is 0 Å². The largest absolute Gasteiger partial charge is 0.298 e. The molecule has 1 aliphatic rings. The molecule has 0 saturated carbocycles. The maximum Gasteiger partial charge on any atom is 0.150 e. The van der Waals surface area contributed by atoms with Crippen molar-refractivity contribution in [2.45, 2.75) is 20.3 Å². The molecule has 13 heavy (non-hydrogen) atoms. The number of rotatable bonds is 1. The molecular weight excluding hydrogens is 160 g/mol. The van der Waals surface area contributed by atoms with Crippen LogP contribution in [0.5, 0.6) is 0 Å². The lowest BCUT2D eigenvalue weighted by Gasteiger charge is -2.05. The first-order valence-electron chi connectivity index (χ1n) is 4.47. The third-order valence-electron chi connectivity index (χ3n) is 2.60. The van der Waals surface area contributed by atoms with Gasteiger partial charge in [-0.2, -0.15) is 0 Å². The van der Waals surface area contributed by atoms with E-state index in [1.165, 1.54) is 16.7 Å². The number of fused-ring (bicyclic) bond motifs is 1. The van der Waals surface area contributed by atoms with E-state index in [1.807, 2.05) is 12.1 Å². The Labute approximate surface area is 78.1 Å². The summed E-state index contributed by atoms with van der Waals surface area (Å²) in [5, 5.41) is 0. The van der Waals surface area contributed by atoms with Gasteiger partial charge in [0.05, 0.1) is 0 Å².